The lowest BCUT2D eigenvalue weighted by Crippen LogP contribution is -2.46. The molecule has 1 rings (SSSR count). The maximum atomic E-state index is 11.5. The van der Waals surface area contributed by atoms with Crippen LogP contribution in [-0.2, 0) is 14.3 Å². The van der Waals surface area contributed by atoms with E-state index in [-0.39, 0.29) is 24.6 Å². The molecule has 0 aromatic carbocycles. The van der Waals surface area contributed by atoms with Crippen LogP contribution in [0.25, 0.3) is 0 Å². The number of urea groups is 1. The van der Waals surface area contributed by atoms with Gasteiger partial charge in [0.25, 0.3) is 0 Å². The molecule has 0 aromatic heterocycles. The molecule has 2 unspecified atom stereocenters. The Morgan fingerprint density at radius 3 is 2.83 bits per heavy atom. The van der Waals surface area contributed by atoms with Crippen LogP contribution in [-0.4, -0.2) is 55.6 Å². The van der Waals surface area contributed by atoms with Crippen LogP contribution >= 0.6 is 0 Å². The van der Waals surface area contributed by atoms with Crippen molar-refractivity contribution in [3.8, 4) is 0 Å². The van der Waals surface area contributed by atoms with Crippen molar-refractivity contribution in [2.45, 2.75) is 31.9 Å². The van der Waals surface area contributed by atoms with Crippen LogP contribution in [0.3, 0.4) is 0 Å². The molecule has 0 aromatic rings. The van der Waals surface area contributed by atoms with Crippen LogP contribution < -0.4 is 10.6 Å². The highest BCUT2D eigenvalue weighted by Crippen LogP contribution is 1.99. The normalized spacial score (nSPS) is 21.1. The third-order valence-corrected chi connectivity index (χ3v) is 2.54. The van der Waals surface area contributed by atoms with Gasteiger partial charge in [-0.2, -0.15) is 0 Å². The van der Waals surface area contributed by atoms with Crippen LogP contribution in [0.2, 0.25) is 0 Å². The Balaban J connectivity index is 2.10. The van der Waals surface area contributed by atoms with Crippen LogP contribution in [0.15, 0.2) is 0 Å². The first-order valence-corrected chi connectivity index (χ1v) is 6.03. The highest BCUT2D eigenvalue weighted by molar-refractivity contribution is 5.74. The highest BCUT2D eigenvalue weighted by Gasteiger charge is 2.15. The quantitative estimate of drug-likeness (QED) is 0.622. The summed E-state index contributed by atoms with van der Waals surface area (Å²) in [5.41, 5.74) is 0. The van der Waals surface area contributed by atoms with Gasteiger partial charge in [-0.3, -0.25) is 4.79 Å². The fourth-order valence-corrected chi connectivity index (χ4v) is 1.55. The van der Waals surface area contributed by atoms with E-state index in [9.17, 15) is 9.59 Å². The van der Waals surface area contributed by atoms with Crippen molar-refractivity contribution in [1.29, 1.82) is 0 Å². The summed E-state index contributed by atoms with van der Waals surface area (Å²) in [5.74, 6) is -0.864. The van der Waals surface area contributed by atoms with Gasteiger partial charge in [-0.15, -0.1) is 0 Å². The summed E-state index contributed by atoms with van der Waals surface area (Å²) in [4.78, 5) is 21.8. The van der Waals surface area contributed by atoms with E-state index in [1.165, 1.54) is 0 Å². The first kappa shape index (κ1) is 14.7. The van der Waals surface area contributed by atoms with Gasteiger partial charge < -0.3 is 25.2 Å². The summed E-state index contributed by atoms with van der Waals surface area (Å²) < 4.78 is 10.6. The van der Waals surface area contributed by atoms with Gasteiger partial charge in [0.1, 0.15) is 0 Å². The van der Waals surface area contributed by atoms with Crippen LogP contribution in [0.4, 0.5) is 4.79 Å². The molecular formula is C11H20N2O5. The van der Waals surface area contributed by atoms with Crippen molar-refractivity contribution in [1.82, 2.24) is 10.6 Å². The van der Waals surface area contributed by atoms with E-state index in [1.54, 1.807) is 6.92 Å². The number of carboxylic acids is 1. The molecule has 0 radical (unpaired) electrons. The summed E-state index contributed by atoms with van der Waals surface area (Å²) in [5, 5.41) is 13.8. The van der Waals surface area contributed by atoms with E-state index in [0.717, 1.165) is 0 Å². The number of aliphatic carboxylic acids is 1. The molecule has 1 heterocycles. The highest BCUT2D eigenvalue weighted by atomic mass is 16.6. The molecule has 0 spiro atoms. The molecule has 2 atom stereocenters. The van der Waals surface area contributed by atoms with Crippen molar-refractivity contribution < 1.29 is 24.2 Å². The second kappa shape index (κ2) is 7.88. The van der Waals surface area contributed by atoms with Crippen molar-refractivity contribution in [2.24, 2.45) is 0 Å². The molecule has 0 bridgehead atoms. The fraction of sp³-hybridized carbons (Fsp3) is 0.818. The Kier molecular flexibility index (Phi) is 6.45. The maximum Gasteiger partial charge on any atom is 0.315 e. The van der Waals surface area contributed by atoms with E-state index >= 15 is 0 Å². The van der Waals surface area contributed by atoms with E-state index in [4.69, 9.17) is 14.6 Å². The van der Waals surface area contributed by atoms with Gasteiger partial charge in [-0.05, 0) is 13.3 Å². The Bertz CT molecular complexity index is 279. The smallest absolute Gasteiger partial charge is 0.315 e. The minimum atomic E-state index is -0.864. The van der Waals surface area contributed by atoms with Gasteiger partial charge in [-0.25, -0.2) is 4.79 Å². The average Bonchev–Trinajstić information content (AvgIpc) is 2.35. The summed E-state index contributed by atoms with van der Waals surface area (Å²) in [6.45, 7) is 3.77. The van der Waals surface area contributed by atoms with Gasteiger partial charge in [0.15, 0.2) is 0 Å². The van der Waals surface area contributed by atoms with Crippen molar-refractivity contribution >= 4 is 12.0 Å². The van der Waals surface area contributed by atoms with Gasteiger partial charge in [0, 0.05) is 19.0 Å². The standard InChI is InChI=1S/C11H20N2O5/c1-8(2-3-10(14)15)13-11(16)12-6-9-7-17-4-5-18-9/h8-9H,2-7H2,1H3,(H,14,15)(H2,12,13,16). The summed E-state index contributed by atoms with van der Waals surface area (Å²) >= 11 is 0. The number of hydrogen-bond donors (Lipinski definition) is 3. The first-order valence-electron chi connectivity index (χ1n) is 6.03. The van der Waals surface area contributed by atoms with E-state index < -0.39 is 5.97 Å². The Labute approximate surface area is 106 Å². The van der Waals surface area contributed by atoms with Crippen molar-refractivity contribution in [2.75, 3.05) is 26.4 Å². The number of carboxylic acid groups (broad SMARTS) is 1. The van der Waals surface area contributed by atoms with Gasteiger partial charge in [-0.1, -0.05) is 0 Å². The molecule has 1 fully saturated rings. The lowest BCUT2D eigenvalue weighted by molar-refractivity contribution is -0.137. The minimum Gasteiger partial charge on any atom is -0.481 e. The predicted molar refractivity (Wildman–Crippen MR) is 63.4 cm³/mol. The largest absolute Gasteiger partial charge is 0.481 e. The van der Waals surface area contributed by atoms with Gasteiger partial charge >= 0.3 is 12.0 Å². The minimum absolute atomic E-state index is 0.0427. The van der Waals surface area contributed by atoms with E-state index in [0.29, 0.717) is 32.8 Å². The number of hydrogen-bond acceptors (Lipinski definition) is 4. The van der Waals surface area contributed by atoms with Gasteiger partial charge in [0.2, 0.25) is 0 Å². The van der Waals surface area contributed by atoms with Gasteiger partial charge in [0.05, 0.1) is 25.9 Å². The third-order valence-electron chi connectivity index (χ3n) is 2.54. The second-order valence-electron chi connectivity index (χ2n) is 4.26. The Morgan fingerprint density at radius 1 is 1.44 bits per heavy atom. The number of nitrogens with one attached hydrogen (secondary N) is 2. The fourth-order valence-electron chi connectivity index (χ4n) is 1.55. The molecule has 7 nitrogen and oxygen atoms in total. The molecule has 18 heavy (non-hydrogen) atoms. The summed E-state index contributed by atoms with van der Waals surface area (Å²) in [6.07, 6.45) is 0.339. The molecule has 3 N–H and O–H groups in total. The average molecular weight is 260 g/mol. The number of carbonyl (C=O) groups excluding carboxylic acids is 1. The number of amides is 2. The number of rotatable bonds is 6. The summed E-state index contributed by atoms with van der Waals surface area (Å²) in [6, 6.07) is -0.494. The molecule has 7 heteroatoms. The first-order chi connectivity index (χ1) is 8.58. The lowest BCUT2D eigenvalue weighted by Gasteiger charge is -2.23. The topological polar surface area (TPSA) is 96.9 Å². The Hall–Kier alpha value is -1.34. The van der Waals surface area contributed by atoms with Crippen LogP contribution in [0, 0.1) is 0 Å². The second-order valence-corrected chi connectivity index (χ2v) is 4.26. The number of ether oxygens (including phenoxy) is 2. The van der Waals surface area contributed by atoms with Crippen LogP contribution in [0.5, 0.6) is 0 Å². The maximum absolute atomic E-state index is 11.5. The molecule has 1 aliphatic rings. The zero-order valence-electron chi connectivity index (χ0n) is 10.5. The molecule has 0 saturated carbocycles. The molecule has 2 amide bonds. The van der Waals surface area contributed by atoms with Crippen molar-refractivity contribution in [3.63, 3.8) is 0 Å². The SMILES string of the molecule is CC(CCC(=O)O)NC(=O)NCC1COCCO1. The number of carbonyl (C=O) groups is 2. The molecule has 1 aliphatic heterocycles. The molecule has 104 valence electrons. The Morgan fingerprint density at radius 2 is 2.22 bits per heavy atom. The predicted octanol–water partition coefficient (Wildman–Crippen LogP) is -0.0457. The van der Waals surface area contributed by atoms with E-state index in [1.807, 2.05) is 0 Å². The third kappa shape index (κ3) is 6.41. The zero-order chi connectivity index (χ0) is 13.4. The van der Waals surface area contributed by atoms with Crippen LogP contribution in [0.1, 0.15) is 19.8 Å². The van der Waals surface area contributed by atoms with Crippen molar-refractivity contribution in [3.05, 3.63) is 0 Å². The monoisotopic (exact) mass is 260 g/mol. The zero-order valence-corrected chi connectivity index (χ0v) is 10.5. The molecule has 0 aliphatic carbocycles. The molecule has 1 saturated heterocycles. The van der Waals surface area contributed by atoms with E-state index in [2.05, 4.69) is 10.6 Å². The molecular weight excluding hydrogens is 240 g/mol. The summed E-state index contributed by atoms with van der Waals surface area (Å²) in [7, 11) is 0. The lowest BCUT2D eigenvalue weighted by atomic mass is 10.2.